The molecule has 1 fully saturated rings. The van der Waals surface area contributed by atoms with Gasteiger partial charge in [-0.15, -0.1) is 0 Å². The Bertz CT molecular complexity index is 459. The minimum Gasteiger partial charge on any atom is -0.382 e. The van der Waals surface area contributed by atoms with Gasteiger partial charge >= 0.3 is 0 Å². The molecule has 1 aliphatic rings. The molecular weight excluding hydrogens is 250 g/mol. The molecule has 0 aliphatic carbocycles. The lowest BCUT2D eigenvalue weighted by Gasteiger charge is -2.14. The van der Waals surface area contributed by atoms with E-state index >= 15 is 0 Å². The van der Waals surface area contributed by atoms with Gasteiger partial charge in [-0.25, -0.2) is 9.97 Å². The Hall–Kier alpha value is -1.63. The smallest absolute Gasteiger partial charge is 0.233 e. The summed E-state index contributed by atoms with van der Waals surface area (Å²) in [7, 11) is 0. The number of carbonyl (C=O) groups is 1. The molecule has 0 bridgehead atoms. The minimum atomic E-state index is -0.0925. The van der Waals surface area contributed by atoms with Crippen LogP contribution < -0.4 is 5.73 Å². The molecule has 2 heterocycles. The fraction of sp³-hybridized carbons (Fsp3) is 0.455. The lowest BCUT2D eigenvalue weighted by molar-refractivity contribution is -0.127. The van der Waals surface area contributed by atoms with Gasteiger partial charge in [0.15, 0.2) is 5.16 Å². The molecule has 1 aliphatic heterocycles. The van der Waals surface area contributed by atoms with Crippen molar-refractivity contribution in [2.75, 3.05) is 18.8 Å². The molecule has 1 aromatic heterocycles. The van der Waals surface area contributed by atoms with E-state index in [9.17, 15) is 4.79 Å². The molecular formula is C11H15N5OS. The molecule has 0 radical (unpaired) electrons. The molecule has 18 heavy (non-hydrogen) atoms. The molecule has 1 amide bonds. The number of hydrogen-bond acceptors (Lipinski definition) is 5. The van der Waals surface area contributed by atoms with Crippen LogP contribution in [0.15, 0.2) is 17.4 Å². The summed E-state index contributed by atoms with van der Waals surface area (Å²) in [5, 5.41) is 7.77. The minimum absolute atomic E-state index is 0.0925. The Balaban J connectivity index is 1.91. The Kier molecular flexibility index (Phi) is 4.14. The van der Waals surface area contributed by atoms with Crippen LogP contribution in [0.3, 0.4) is 0 Å². The largest absolute Gasteiger partial charge is 0.382 e. The van der Waals surface area contributed by atoms with Gasteiger partial charge in [0.05, 0.1) is 5.75 Å². The van der Waals surface area contributed by atoms with Crippen molar-refractivity contribution in [3.05, 3.63) is 18.0 Å². The molecule has 96 valence electrons. The molecule has 0 aromatic carbocycles. The first-order chi connectivity index (χ1) is 8.66. The van der Waals surface area contributed by atoms with Gasteiger partial charge in [-0.3, -0.25) is 10.2 Å². The van der Waals surface area contributed by atoms with Gasteiger partial charge in [0.2, 0.25) is 5.91 Å². The molecule has 0 spiro atoms. The molecule has 0 atom stereocenters. The van der Waals surface area contributed by atoms with Crippen LogP contribution in [0.5, 0.6) is 0 Å². The van der Waals surface area contributed by atoms with Crippen molar-refractivity contribution in [3.8, 4) is 0 Å². The summed E-state index contributed by atoms with van der Waals surface area (Å²) in [4.78, 5) is 21.8. The SMILES string of the molecule is N=C(N)c1ccnc(SCC(=O)N2CCCC2)n1. The number of nitrogen functional groups attached to an aromatic ring is 1. The van der Waals surface area contributed by atoms with Crippen molar-refractivity contribution >= 4 is 23.5 Å². The van der Waals surface area contributed by atoms with Crippen molar-refractivity contribution in [2.24, 2.45) is 5.73 Å². The van der Waals surface area contributed by atoms with Crippen LogP contribution in [0.1, 0.15) is 18.5 Å². The van der Waals surface area contributed by atoms with E-state index in [1.807, 2.05) is 4.90 Å². The lowest BCUT2D eigenvalue weighted by atomic mass is 10.4. The van der Waals surface area contributed by atoms with Crippen LogP contribution in [0.4, 0.5) is 0 Å². The van der Waals surface area contributed by atoms with Crippen LogP contribution in [0.2, 0.25) is 0 Å². The Morgan fingerprint density at radius 1 is 1.50 bits per heavy atom. The molecule has 7 heteroatoms. The number of nitrogens with one attached hydrogen (secondary N) is 1. The van der Waals surface area contributed by atoms with Gasteiger partial charge in [0.25, 0.3) is 0 Å². The maximum absolute atomic E-state index is 11.8. The van der Waals surface area contributed by atoms with Gasteiger partial charge in [0, 0.05) is 19.3 Å². The van der Waals surface area contributed by atoms with E-state index < -0.39 is 0 Å². The van der Waals surface area contributed by atoms with Crippen LogP contribution in [-0.4, -0.2) is 45.5 Å². The standard InChI is InChI=1S/C11H15N5OS/c12-10(13)8-3-4-14-11(15-8)18-7-9(17)16-5-1-2-6-16/h3-4H,1-2,5-7H2,(H3,12,13). The van der Waals surface area contributed by atoms with Crippen molar-refractivity contribution in [1.29, 1.82) is 5.41 Å². The van der Waals surface area contributed by atoms with E-state index in [1.165, 1.54) is 11.8 Å². The first-order valence-corrected chi connectivity index (χ1v) is 6.73. The molecule has 1 saturated heterocycles. The summed E-state index contributed by atoms with van der Waals surface area (Å²) in [6.45, 7) is 1.71. The van der Waals surface area contributed by atoms with E-state index in [0.717, 1.165) is 25.9 Å². The molecule has 1 aromatic rings. The van der Waals surface area contributed by atoms with Gasteiger partial charge in [-0.1, -0.05) is 11.8 Å². The maximum Gasteiger partial charge on any atom is 0.233 e. The average molecular weight is 265 g/mol. The third kappa shape index (κ3) is 3.19. The van der Waals surface area contributed by atoms with E-state index in [4.69, 9.17) is 11.1 Å². The second kappa shape index (κ2) is 5.81. The van der Waals surface area contributed by atoms with Gasteiger partial charge in [0.1, 0.15) is 11.5 Å². The predicted molar refractivity (Wildman–Crippen MR) is 69.6 cm³/mol. The van der Waals surface area contributed by atoms with Crippen molar-refractivity contribution in [3.63, 3.8) is 0 Å². The molecule has 0 unspecified atom stereocenters. The maximum atomic E-state index is 11.8. The van der Waals surface area contributed by atoms with Gasteiger partial charge < -0.3 is 10.6 Å². The lowest BCUT2D eigenvalue weighted by Crippen LogP contribution is -2.29. The number of nitrogens with two attached hydrogens (primary N) is 1. The van der Waals surface area contributed by atoms with E-state index in [0.29, 0.717) is 16.6 Å². The second-order valence-corrected chi connectivity index (χ2v) is 4.96. The Morgan fingerprint density at radius 2 is 2.22 bits per heavy atom. The predicted octanol–water partition coefficient (Wildman–Crippen LogP) is 0.475. The average Bonchev–Trinajstić information content (AvgIpc) is 2.90. The number of nitrogens with zero attached hydrogens (tertiary/aromatic N) is 3. The molecule has 2 rings (SSSR count). The van der Waals surface area contributed by atoms with Crippen molar-refractivity contribution in [2.45, 2.75) is 18.0 Å². The van der Waals surface area contributed by atoms with Gasteiger partial charge in [-0.2, -0.15) is 0 Å². The summed E-state index contributed by atoms with van der Waals surface area (Å²) in [6, 6.07) is 1.58. The Morgan fingerprint density at radius 3 is 2.89 bits per heavy atom. The highest BCUT2D eigenvalue weighted by Crippen LogP contribution is 2.15. The number of hydrogen-bond donors (Lipinski definition) is 2. The second-order valence-electron chi connectivity index (χ2n) is 4.01. The number of amides is 1. The topological polar surface area (TPSA) is 96.0 Å². The summed E-state index contributed by atoms with van der Waals surface area (Å²) in [5.41, 5.74) is 5.74. The van der Waals surface area contributed by atoms with Gasteiger partial charge in [-0.05, 0) is 18.9 Å². The van der Waals surface area contributed by atoms with Crippen molar-refractivity contribution < 1.29 is 4.79 Å². The monoisotopic (exact) mass is 265 g/mol. The summed E-state index contributed by atoms with van der Waals surface area (Å²) in [6.07, 6.45) is 3.73. The summed E-state index contributed by atoms with van der Waals surface area (Å²) < 4.78 is 0. The van der Waals surface area contributed by atoms with Crippen molar-refractivity contribution in [1.82, 2.24) is 14.9 Å². The summed E-state index contributed by atoms with van der Waals surface area (Å²) in [5.74, 6) is 0.362. The first kappa shape index (κ1) is 12.8. The summed E-state index contributed by atoms with van der Waals surface area (Å²) >= 11 is 1.28. The number of amidine groups is 1. The van der Waals surface area contributed by atoms with Crippen LogP contribution in [0, 0.1) is 5.41 Å². The fourth-order valence-electron chi connectivity index (χ4n) is 1.74. The van der Waals surface area contributed by atoms with Crippen LogP contribution in [-0.2, 0) is 4.79 Å². The zero-order chi connectivity index (χ0) is 13.0. The first-order valence-electron chi connectivity index (χ1n) is 5.75. The number of likely N-dealkylation sites (tertiary alicyclic amines) is 1. The molecule has 3 N–H and O–H groups in total. The number of rotatable bonds is 4. The molecule has 0 saturated carbocycles. The number of aromatic nitrogens is 2. The highest BCUT2D eigenvalue weighted by molar-refractivity contribution is 7.99. The zero-order valence-corrected chi connectivity index (χ0v) is 10.7. The van der Waals surface area contributed by atoms with E-state index in [-0.39, 0.29) is 11.7 Å². The highest BCUT2D eigenvalue weighted by Gasteiger charge is 2.18. The quantitative estimate of drug-likeness (QED) is 0.357. The third-order valence-electron chi connectivity index (χ3n) is 2.69. The number of thioether (sulfide) groups is 1. The normalized spacial score (nSPS) is 14.8. The fourth-order valence-corrected chi connectivity index (χ4v) is 2.48. The third-order valence-corrected chi connectivity index (χ3v) is 3.54. The highest BCUT2D eigenvalue weighted by atomic mass is 32.2. The number of carbonyl (C=O) groups excluding carboxylic acids is 1. The Labute approximate surface area is 109 Å². The van der Waals surface area contributed by atoms with E-state index in [1.54, 1.807) is 12.3 Å². The van der Waals surface area contributed by atoms with Crippen LogP contribution in [0.25, 0.3) is 0 Å². The molecule has 6 nitrogen and oxygen atoms in total. The van der Waals surface area contributed by atoms with Crippen LogP contribution >= 0.6 is 11.8 Å². The zero-order valence-electron chi connectivity index (χ0n) is 9.93. The van der Waals surface area contributed by atoms with E-state index in [2.05, 4.69) is 9.97 Å².